The number of hydrogen-bond donors (Lipinski definition) is 2. The van der Waals surface area contributed by atoms with Gasteiger partial charge in [-0.1, -0.05) is 6.92 Å². The van der Waals surface area contributed by atoms with Crippen molar-refractivity contribution in [1.82, 2.24) is 9.24 Å². The monoisotopic (exact) mass is 391 g/mol. The van der Waals surface area contributed by atoms with Gasteiger partial charge in [0.25, 0.3) is 5.56 Å². The van der Waals surface area contributed by atoms with E-state index in [4.69, 9.17) is 16.3 Å². The topological polar surface area (TPSA) is 109 Å². The smallest absolute Gasteiger partial charge is 0.350 e. The summed E-state index contributed by atoms with van der Waals surface area (Å²) in [5.74, 6) is 5.79. The SMILES string of the molecule is COc1c(N2CC(C)C(C(C)N)C2)c(F)cc2c(=O)n(N)c(=O)n(C3CC3)c12. The number of nitrogens with two attached hydrogens (primary N) is 2. The average Bonchev–Trinajstić information content (AvgIpc) is 3.40. The van der Waals surface area contributed by atoms with E-state index in [0.29, 0.717) is 23.3 Å². The van der Waals surface area contributed by atoms with Gasteiger partial charge in [0.15, 0.2) is 11.6 Å². The minimum Gasteiger partial charge on any atom is -0.492 e. The molecule has 2 aliphatic rings. The summed E-state index contributed by atoms with van der Waals surface area (Å²) in [6.07, 6.45) is 1.60. The summed E-state index contributed by atoms with van der Waals surface area (Å²) in [5, 5.41) is 0.0445. The molecule has 4 N–H and O–H groups in total. The van der Waals surface area contributed by atoms with Crippen molar-refractivity contribution in [3.05, 3.63) is 32.7 Å². The van der Waals surface area contributed by atoms with Gasteiger partial charge in [0, 0.05) is 25.2 Å². The summed E-state index contributed by atoms with van der Waals surface area (Å²) in [4.78, 5) is 27.2. The van der Waals surface area contributed by atoms with Crippen molar-refractivity contribution in [3.63, 3.8) is 0 Å². The average molecular weight is 391 g/mol. The highest BCUT2D eigenvalue weighted by Crippen LogP contribution is 2.44. The zero-order chi connectivity index (χ0) is 20.3. The first kappa shape index (κ1) is 18.8. The number of nitrogens with zero attached hydrogens (tertiary/aromatic N) is 3. The van der Waals surface area contributed by atoms with Gasteiger partial charge in [-0.15, -0.1) is 0 Å². The number of rotatable bonds is 4. The Labute approximate surface area is 161 Å². The van der Waals surface area contributed by atoms with Gasteiger partial charge in [-0.3, -0.25) is 9.36 Å². The lowest BCUT2D eigenvalue weighted by molar-refractivity contribution is 0.389. The van der Waals surface area contributed by atoms with E-state index >= 15 is 4.39 Å². The fourth-order valence-corrected chi connectivity index (χ4v) is 4.46. The minimum atomic E-state index is -0.733. The Morgan fingerprint density at radius 2 is 1.96 bits per heavy atom. The zero-order valence-corrected chi connectivity index (χ0v) is 16.3. The highest BCUT2D eigenvalue weighted by molar-refractivity contribution is 5.91. The number of ether oxygens (including phenoxy) is 1. The molecule has 2 heterocycles. The molecular weight excluding hydrogens is 365 g/mol. The van der Waals surface area contributed by atoms with Crippen LogP contribution in [0.15, 0.2) is 15.7 Å². The van der Waals surface area contributed by atoms with Crippen LogP contribution in [0.1, 0.15) is 32.7 Å². The molecule has 3 atom stereocenters. The molecule has 1 aliphatic carbocycles. The summed E-state index contributed by atoms with van der Waals surface area (Å²) in [5.41, 5.74) is 5.34. The zero-order valence-electron chi connectivity index (χ0n) is 16.3. The van der Waals surface area contributed by atoms with Gasteiger partial charge in [-0.05, 0) is 37.7 Å². The molecule has 0 bridgehead atoms. The van der Waals surface area contributed by atoms with Gasteiger partial charge >= 0.3 is 5.69 Å². The Hall–Kier alpha value is -2.55. The number of hydrogen-bond acceptors (Lipinski definition) is 6. The number of halogens is 1. The Morgan fingerprint density at radius 1 is 1.29 bits per heavy atom. The molecule has 9 heteroatoms. The number of nitrogen functional groups attached to an aromatic ring is 1. The Kier molecular flexibility index (Phi) is 4.37. The second-order valence-corrected chi connectivity index (χ2v) is 8.10. The Bertz CT molecular complexity index is 1060. The first-order valence-electron chi connectivity index (χ1n) is 9.59. The van der Waals surface area contributed by atoms with Crippen molar-refractivity contribution in [3.8, 4) is 5.75 Å². The number of methoxy groups -OCH3 is 1. The van der Waals surface area contributed by atoms with Gasteiger partial charge in [-0.2, -0.15) is 4.68 Å². The van der Waals surface area contributed by atoms with E-state index in [2.05, 4.69) is 6.92 Å². The summed E-state index contributed by atoms with van der Waals surface area (Å²) in [6.45, 7) is 5.24. The van der Waals surface area contributed by atoms with E-state index < -0.39 is 17.1 Å². The number of fused-ring (bicyclic) bond motifs is 1. The number of aromatic nitrogens is 2. The first-order valence-corrected chi connectivity index (χ1v) is 9.59. The van der Waals surface area contributed by atoms with Crippen LogP contribution in [0, 0.1) is 17.7 Å². The second-order valence-electron chi connectivity index (χ2n) is 8.10. The van der Waals surface area contributed by atoms with Gasteiger partial charge in [-0.25, -0.2) is 9.18 Å². The minimum absolute atomic E-state index is 0.0244. The van der Waals surface area contributed by atoms with Crippen LogP contribution >= 0.6 is 0 Å². The molecule has 1 aromatic carbocycles. The van der Waals surface area contributed by atoms with Gasteiger partial charge < -0.3 is 21.2 Å². The lowest BCUT2D eigenvalue weighted by Crippen LogP contribution is -2.44. The molecule has 4 rings (SSSR count). The van der Waals surface area contributed by atoms with Crippen molar-refractivity contribution in [2.75, 3.05) is 30.9 Å². The van der Waals surface area contributed by atoms with E-state index in [1.54, 1.807) is 0 Å². The predicted octanol–water partition coefficient (Wildman–Crippen LogP) is 0.779. The number of anilines is 1. The maximum Gasteiger partial charge on any atom is 0.350 e. The lowest BCUT2D eigenvalue weighted by Gasteiger charge is -2.25. The van der Waals surface area contributed by atoms with Crippen molar-refractivity contribution < 1.29 is 9.13 Å². The molecule has 1 aromatic heterocycles. The van der Waals surface area contributed by atoms with E-state index in [-0.39, 0.29) is 40.7 Å². The molecule has 0 radical (unpaired) electrons. The normalized spacial score (nSPS) is 23.4. The molecule has 0 spiro atoms. The fraction of sp³-hybridized carbons (Fsp3) is 0.579. The molecule has 1 saturated carbocycles. The second kappa shape index (κ2) is 6.51. The third-order valence-corrected chi connectivity index (χ3v) is 6.06. The first-order chi connectivity index (χ1) is 13.3. The van der Waals surface area contributed by atoms with E-state index in [1.165, 1.54) is 17.7 Å². The third-order valence-electron chi connectivity index (χ3n) is 6.06. The summed E-state index contributed by atoms with van der Waals surface area (Å²) < 4.78 is 22.8. The molecule has 28 heavy (non-hydrogen) atoms. The molecule has 1 aliphatic heterocycles. The summed E-state index contributed by atoms with van der Waals surface area (Å²) >= 11 is 0. The molecule has 1 saturated heterocycles. The highest BCUT2D eigenvalue weighted by Gasteiger charge is 2.37. The maximum absolute atomic E-state index is 15.2. The van der Waals surface area contributed by atoms with Gasteiger partial charge in [0.1, 0.15) is 11.2 Å². The van der Waals surface area contributed by atoms with Crippen LogP contribution in [-0.2, 0) is 0 Å². The van der Waals surface area contributed by atoms with Crippen molar-refractivity contribution >= 4 is 16.6 Å². The van der Waals surface area contributed by atoms with Crippen molar-refractivity contribution in [2.45, 2.75) is 38.8 Å². The lowest BCUT2D eigenvalue weighted by atomic mass is 9.92. The maximum atomic E-state index is 15.2. The van der Waals surface area contributed by atoms with Crippen LogP contribution in [-0.4, -0.2) is 35.5 Å². The molecular formula is C19H26FN5O3. The highest BCUT2D eigenvalue weighted by atomic mass is 19.1. The van der Waals surface area contributed by atoms with Gasteiger partial charge in [0.05, 0.1) is 12.5 Å². The quantitative estimate of drug-likeness (QED) is 0.746. The van der Waals surface area contributed by atoms with Crippen LogP contribution < -0.4 is 32.5 Å². The van der Waals surface area contributed by atoms with Crippen LogP contribution in [0.5, 0.6) is 5.75 Å². The Balaban J connectivity index is 2.00. The predicted molar refractivity (Wildman–Crippen MR) is 106 cm³/mol. The standard InChI is InChI=1S/C19H26FN5O3/c1-9-7-23(8-13(9)10(2)21)16-14(20)6-12-15(17(16)28-3)24(11-4-5-11)19(27)25(22)18(12)26/h6,9-11,13H,4-5,7-8,21-22H2,1-3H3. The van der Waals surface area contributed by atoms with Crippen LogP contribution in [0.25, 0.3) is 10.9 Å². The molecule has 0 amide bonds. The summed E-state index contributed by atoms with van der Waals surface area (Å²) in [6, 6.07) is 1.08. The molecule has 8 nitrogen and oxygen atoms in total. The number of benzene rings is 1. The van der Waals surface area contributed by atoms with Crippen LogP contribution in [0.3, 0.4) is 0 Å². The van der Waals surface area contributed by atoms with E-state index in [9.17, 15) is 9.59 Å². The van der Waals surface area contributed by atoms with Gasteiger partial charge in [0.2, 0.25) is 0 Å². The Morgan fingerprint density at radius 3 is 2.50 bits per heavy atom. The summed E-state index contributed by atoms with van der Waals surface area (Å²) in [7, 11) is 1.43. The molecule has 2 aromatic rings. The van der Waals surface area contributed by atoms with Crippen molar-refractivity contribution in [1.29, 1.82) is 0 Å². The largest absolute Gasteiger partial charge is 0.492 e. The van der Waals surface area contributed by atoms with E-state index in [0.717, 1.165) is 12.8 Å². The molecule has 2 fully saturated rings. The van der Waals surface area contributed by atoms with E-state index in [1.807, 2.05) is 11.8 Å². The third kappa shape index (κ3) is 2.68. The molecule has 3 unspecified atom stereocenters. The van der Waals surface area contributed by atoms with Crippen molar-refractivity contribution in [2.24, 2.45) is 17.6 Å². The molecule has 152 valence electrons. The fourth-order valence-electron chi connectivity index (χ4n) is 4.46. The van der Waals surface area contributed by atoms with Crippen LogP contribution in [0.4, 0.5) is 10.1 Å². The van der Waals surface area contributed by atoms with Crippen LogP contribution in [0.2, 0.25) is 0 Å².